The van der Waals surface area contributed by atoms with Gasteiger partial charge in [0, 0.05) is 11.4 Å². The van der Waals surface area contributed by atoms with Gasteiger partial charge in [-0.1, -0.05) is 18.2 Å². The van der Waals surface area contributed by atoms with E-state index in [1.54, 1.807) is 6.07 Å². The zero-order valence-corrected chi connectivity index (χ0v) is 14.2. The fourth-order valence-corrected chi connectivity index (χ4v) is 2.31. The van der Waals surface area contributed by atoms with E-state index >= 15 is 0 Å². The topological polar surface area (TPSA) is 66.9 Å². The second kappa shape index (κ2) is 7.45. The number of amides is 1. The number of carbonyl (C=O) groups is 1. The maximum absolute atomic E-state index is 12.6. The third-order valence-corrected chi connectivity index (χ3v) is 3.78. The van der Waals surface area contributed by atoms with Crippen LogP contribution in [0.3, 0.4) is 0 Å². The van der Waals surface area contributed by atoms with Crippen molar-refractivity contribution in [2.75, 3.05) is 10.6 Å². The molecule has 138 valence electrons. The summed E-state index contributed by atoms with van der Waals surface area (Å²) in [5.74, 6) is -0.0971. The molecule has 0 spiro atoms. The Hall–Kier alpha value is -3.42. The Bertz CT molecular complexity index is 938. The van der Waals surface area contributed by atoms with Gasteiger partial charge in [0.2, 0.25) is 0 Å². The first-order valence-corrected chi connectivity index (χ1v) is 7.98. The van der Waals surface area contributed by atoms with Crippen LogP contribution in [0.1, 0.15) is 21.6 Å². The number of halogens is 3. The number of hydrogen-bond acceptors (Lipinski definition) is 4. The number of para-hydroxylation sites is 1. The van der Waals surface area contributed by atoms with Crippen LogP contribution in [0.2, 0.25) is 0 Å². The molecule has 27 heavy (non-hydrogen) atoms. The number of aromatic nitrogens is 2. The molecule has 0 saturated carbocycles. The highest BCUT2D eigenvalue weighted by atomic mass is 19.4. The average molecular weight is 372 g/mol. The Kier molecular flexibility index (Phi) is 5.07. The number of rotatable bonds is 4. The van der Waals surface area contributed by atoms with Gasteiger partial charge in [-0.15, -0.1) is 10.2 Å². The van der Waals surface area contributed by atoms with Crippen LogP contribution in [0.4, 0.5) is 30.4 Å². The molecule has 0 fully saturated rings. The Labute approximate surface area is 153 Å². The summed E-state index contributed by atoms with van der Waals surface area (Å²) in [5.41, 5.74) is 1.41. The summed E-state index contributed by atoms with van der Waals surface area (Å²) in [5, 5.41) is 13.3. The molecule has 0 aliphatic carbocycles. The van der Waals surface area contributed by atoms with Crippen LogP contribution in [0.5, 0.6) is 0 Å². The van der Waals surface area contributed by atoms with Crippen molar-refractivity contribution >= 4 is 23.1 Å². The van der Waals surface area contributed by atoms with Crippen molar-refractivity contribution < 1.29 is 18.0 Å². The van der Waals surface area contributed by atoms with Crippen LogP contribution in [0.15, 0.2) is 60.7 Å². The van der Waals surface area contributed by atoms with E-state index in [-0.39, 0.29) is 5.69 Å². The first-order valence-electron chi connectivity index (χ1n) is 7.98. The molecule has 0 unspecified atom stereocenters. The van der Waals surface area contributed by atoms with Crippen molar-refractivity contribution in [1.82, 2.24) is 10.2 Å². The number of anilines is 3. The lowest BCUT2D eigenvalue weighted by molar-refractivity contribution is -0.137. The molecule has 5 nitrogen and oxygen atoms in total. The average Bonchev–Trinajstić information content (AvgIpc) is 2.64. The quantitative estimate of drug-likeness (QED) is 0.690. The molecule has 1 heterocycles. The molecule has 0 bridgehead atoms. The minimum atomic E-state index is -4.38. The number of benzene rings is 2. The molecule has 2 N–H and O–H groups in total. The van der Waals surface area contributed by atoms with Crippen LogP contribution >= 0.6 is 0 Å². The molecule has 0 radical (unpaired) electrons. The van der Waals surface area contributed by atoms with Crippen LogP contribution < -0.4 is 10.6 Å². The molecular weight excluding hydrogens is 357 g/mol. The smallest absolute Gasteiger partial charge is 0.339 e. The molecule has 8 heteroatoms. The van der Waals surface area contributed by atoms with Gasteiger partial charge in [-0.2, -0.15) is 13.2 Å². The molecular formula is C19H15F3N4O. The van der Waals surface area contributed by atoms with Crippen molar-refractivity contribution in [1.29, 1.82) is 0 Å². The maximum Gasteiger partial charge on any atom is 0.416 e. The SMILES string of the molecule is Cc1ccccc1NC(=O)c1ccc(Nc2ccc(C(F)(F)F)cc2)nn1. The number of carbonyl (C=O) groups excluding carboxylic acids is 1. The van der Waals surface area contributed by atoms with E-state index in [0.29, 0.717) is 17.2 Å². The van der Waals surface area contributed by atoms with Crippen molar-refractivity contribution in [3.05, 3.63) is 77.5 Å². The number of aryl methyl sites for hydroxylation is 1. The second-order valence-electron chi connectivity index (χ2n) is 5.77. The molecule has 1 amide bonds. The van der Waals surface area contributed by atoms with Crippen LogP contribution in [0.25, 0.3) is 0 Å². The summed E-state index contributed by atoms with van der Waals surface area (Å²) in [6, 6.07) is 14.9. The van der Waals surface area contributed by atoms with Crippen molar-refractivity contribution in [3.63, 3.8) is 0 Å². The molecule has 2 aromatic carbocycles. The van der Waals surface area contributed by atoms with Gasteiger partial charge in [-0.25, -0.2) is 0 Å². The fourth-order valence-electron chi connectivity index (χ4n) is 2.31. The summed E-state index contributed by atoms with van der Waals surface area (Å²) in [6.45, 7) is 1.87. The maximum atomic E-state index is 12.6. The van der Waals surface area contributed by atoms with Gasteiger partial charge in [0.05, 0.1) is 5.56 Å². The molecule has 0 aliphatic heterocycles. The highest BCUT2D eigenvalue weighted by Crippen LogP contribution is 2.30. The molecule has 1 aromatic heterocycles. The largest absolute Gasteiger partial charge is 0.416 e. The van der Waals surface area contributed by atoms with E-state index in [1.165, 1.54) is 24.3 Å². The molecule has 0 atom stereocenters. The van der Waals surface area contributed by atoms with Crippen molar-refractivity contribution in [2.45, 2.75) is 13.1 Å². The summed E-state index contributed by atoms with van der Waals surface area (Å²) >= 11 is 0. The van der Waals surface area contributed by atoms with E-state index in [4.69, 9.17) is 0 Å². The van der Waals surface area contributed by atoms with Crippen LogP contribution in [-0.4, -0.2) is 16.1 Å². The lowest BCUT2D eigenvalue weighted by Gasteiger charge is -2.09. The summed E-state index contributed by atoms with van der Waals surface area (Å²) in [6.07, 6.45) is -4.38. The fraction of sp³-hybridized carbons (Fsp3) is 0.105. The van der Waals surface area contributed by atoms with Crippen LogP contribution in [0, 0.1) is 6.92 Å². The minimum Gasteiger partial charge on any atom is -0.339 e. The molecule has 3 rings (SSSR count). The zero-order valence-electron chi connectivity index (χ0n) is 14.2. The Morgan fingerprint density at radius 3 is 2.22 bits per heavy atom. The predicted molar refractivity (Wildman–Crippen MR) is 95.9 cm³/mol. The standard InChI is InChI=1S/C19H15F3N4O/c1-12-4-2-3-5-15(12)24-18(27)16-10-11-17(26-25-16)23-14-8-6-13(7-9-14)19(20,21)22/h2-11H,1H3,(H,23,26)(H,24,27). The van der Waals surface area contributed by atoms with E-state index < -0.39 is 17.6 Å². The summed E-state index contributed by atoms with van der Waals surface area (Å²) in [7, 11) is 0. The monoisotopic (exact) mass is 372 g/mol. The molecule has 0 aliphatic rings. The van der Waals surface area contributed by atoms with Crippen LogP contribution in [-0.2, 0) is 6.18 Å². The van der Waals surface area contributed by atoms with E-state index in [2.05, 4.69) is 20.8 Å². The number of nitrogens with zero attached hydrogens (tertiary/aromatic N) is 2. The van der Waals surface area contributed by atoms with Crippen molar-refractivity contribution in [2.24, 2.45) is 0 Å². The first-order chi connectivity index (χ1) is 12.8. The normalized spacial score (nSPS) is 11.1. The van der Waals surface area contributed by atoms with Crippen molar-refractivity contribution in [3.8, 4) is 0 Å². The first kappa shape index (κ1) is 18.4. The number of hydrogen-bond donors (Lipinski definition) is 2. The lowest BCUT2D eigenvalue weighted by Crippen LogP contribution is -2.15. The van der Waals surface area contributed by atoms with Gasteiger partial charge in [0.15, 0.2) is 11.5 Å². The van der Waals surface area contributed by atoms with E-state index in [1.807, 2.05) is 25.1 Å². The van der Waals surface area contributed by atoms with Gasteiger partial charge >= 0.3 is 6.18 Å². The number of alkyl halides is 3. The Morgan fingerprint density at radius 2 is 1.63 bits per heavy atom. The third kappa shape index (κ3) is 4.60. The van der Waals surface area contributed by atoms with Gasteiger partial charge < -0.3 is 10.6 Å². The zero-order chi connectivity index (χ0) is 19.4. The number of nitrogens with one attached hydrogen (secondary N) is 2. The van der Waals surface area contributed by atoms with E-state index in [0.717, 1.165) is 17.7 Å². The summed E-state index contributed by atoms with van der Waals surface area (Å²) in [4.78, 5) is 12.2. The van der Waals surface area contributed by atoms with Gasteiger partial charge in [0.1, 0.15) is 0 Å². The second-order valence-corrected chi connectivity index (χ2v) is 5.77. The highest BCUT2D eigenvalue weighted by molar-refractivity contribution is 6.03. The highest BCUT2D eigenvalue weighted by Gasteiger charge is 2.29. The Balaban J connectivity index is 1.66. The molecule has 3 aromatic rings. The predicted octanol–water partition coefficient (Wildman–Crippen LogP) is 4.80. The molecule has 0 saturated heterocycles. The van der Waals surface area contributed by atoms with E-state index in [9.17, 15) is 18.0 Å². The lowest BCUT2D eigenvalue weighted by atomic mass is 10.2. The Morgan fingerprint density at radius 1 is 0.926 bits per heavy atom. The summed E-state index contributed by atoms with van der Waals surface area (Å²) < 4.78 is 37.7. The van der Waals surface area contributed by atoms with Gasteiger partial charge in [-0.3, -0.25) is 4.79 Å². The minimum absolute atomic E-state index is 0.122. The van der Waals surface area contributed by atoms with Gasteiger partial charge in [-0.05, 0) is 55.0 Å². The third-order valence-electron chi connectivity index (χ3n) is 3.78. The van der Waals surface area contributed by atoms with Gasteiger partial charge in [0.25, 0.3) is 5.91 Å².